The SMILES string of the molecule is Cc1ccc(O)c(C(CCCCCCCC(=NO)c2cc(C)ccc2O)=NO)c1. The van der Waals surface area contributed by atoms with Gasteiger partial charge in [0.15, 0.2) is 0 Å². The molecule has 0 aromatic heterocycles. The van der Waals surface area contributed by atoms with Crippen LogP contribution in [-0.2, 0) is 0 Å². The Balaban J connectivity index is 1.74. The fourth-order valence-electron chi connectivity index (χ4n) is 3.35. The summed E-state index contributed by atoms with van der Waals surface area (Å²) in [4.78, 5) is 0. The number of phenolic OH excluding ortho intramolecular Hbond substituents is 2. The third-order valence-corrected chi connectivity index (χ3v) is 4.99. The number of oxime groups is 2. The standard InChI is InChI=1S/C23H30N2O4/c1-16-10-12-22(26)18(14-16)20(24-28)8-6-4-3-5-7-9-21(25-29)19-15-17(2)11-13-23(19)27/h10-15,26-29H,3-9H2,1-2H3. The summed E-state index contributed by atoms with van der Waals surface area (Å²) in [6.07, 6.45) is 5.82. The van der Waals surface area contributed by atoms with Crippen LogP contribution in [0.4, 0.5) is 0 Å². The minimum Gasteiger partial charge on any atom is -0.507 e. The highest BCUT2D eigenvalue weighted by Gasteiger charge is 2.11. The Morgan fingerprint density at radius 1 is 0.655 bits per heavy atom. The third-order valence-electron chi connectivity index (χ3n) is 4.99. The zero-order chi connectivity index (χ0) is 21.2. The van der Waals surface area contributed by atoms with Crippen molar-refractivity contribution in [3.8, 4) is 11.5 Å². The number of rotatable bonds is 10. The molecule has 0 unspecified atom stereocenters. The molecule has 0 saturated heterocycles. The molecule has 0 bridgehead atoms. The summed E-state index contributed by atoms with van der Waals surface area (Å²) in [5.74, 6) is 0.247. The summed E-state index contributed by atoms with van der Waals surface area (Å²) < 4.78 is 0. The highest BCUT2D eigenvalue weighted by atomic mass is 16.4. The maximum Gasteiger partial charge on any atom is 0.124 e. The van der Waals surface area contributed by atoms with Crippen molar-refractivity contribution in [2.24, 2.45) is 10.3 Å². The van der Waals surface area contributed by atoms with E-state index in [1.54, 1.807) is 12.1 Å². The zero-order valence-corrected chi connectivity index (χ0v) is 17.1. The van der Waals surface area contributed by atoms with E-state index >= 15 is 0 Å². The van der Waals surface area contributed by atoms with E-state index in [0.717, 1.165) is 43.2 Å². The zero-order valence-electron chi connectivity index (χ0n) is 17.1. The van der Waals surface area contributed by atoms with Gasteiger partial charge in [-0.1, -0.05) is 52.8 Å². The molecule has 2 aromatic rings. The maximum atomic E-state index is 9.97. The minimum atomic E-state index is 0.124. The summed E-state index contributed by atoms with van der Waals surface area (Å²) in [5, 5.41) is 45.3. The lowest BCUT2D eigenvalue weighted by molar-refractivity contribution is 0.317. The van der Waals surface area contributed by atoms with Crippen LogP contribution in [0.15, 0.2) is 46.7 Å². The molecule has 2 aromatic carbocycles. The molecule has 6 nitrogen and oxygen atoms in total. The smallest absolute Gasteiger partial charge is 0.124 e. The van der Waals surface area contributed by atoms with Crippen LogP contribution < -0.4 is 0 Å². The first-order chi connectivity index (χ1) is 14.0. The van der Waals surface area contributed by atoms with Crippen LogP contribution in [0.5, 0.6) is 11.5 Å². The van der Waals surface area contributed by atoms with Gasteiger partial charge in [0, 0.05) is 11.1 Å². The van der Waals surface area contributed by atoms with Crippen molar-refractivity contribution in [3.05, 3.63) is 58.7 Å². The first-order valence-corrected chi connectivity index (χ1v) is 9.98. The van der Waals surface area contributed by atoms with E-state index in [0.29, 0.717) is 35.4 Å². The first-order valence-electron chi connectivity index (χ1n) is 9.98. The summed E-state index contributed by atoms with van der Waals surface area (Å²) in [5.41, 5.74) is 4.15. The Morgan fingerprint density at radius 2 is 1.03 bits per heavy atom. The van der Waals surface area contributed by atoms with Crippen molar-refractivity contribution in [2.45, 2.75) is 58.8 Å². The number of hydrogen-bond donors (Lipinski definition) is 4. The predicted molar refractivity (Wildman–Crippen MR) is 115 cm³/mol. The number of phenols is 2. The second kappa shape index (κ2) is 11.1. The summed E-state index contributed by atoms with van der Waals surface area (Å²) in [7, 11) is 0. The van der Waals surface area contributed by atoms with Crippen molar-refractivity contribution in [1.82, 2.24) is 0 Å². The molecular weight excluding hydrogens is 368 g/mol. The van der Waals surface area contributed by atoms with Crippen molar-refractivity contribution in [2.75, 3.05) is 0 Å². The molecule has 0 amide bonds. The normalized spacial score (nSPS) is 12.3. The number of aromatic hydroxyl groups is 2. The van der Waals surface area contributed by atoms with Gasteiger partial charge in [0.05, 0.1) is 11.4 Å². The van der Waals surface area contributed by atoms with E-state index in [9.17, 15) is 20.6 Å². The maximum absolute atomic E-state index is 9.97. The van der Waals surface area contributed by atoms with Crippen molar-refractivity contribution >= 4 is 11.4 Å². The number of aryl methyl sites for hydroxylation is 2. The van der Waals surface area contributed by atoms with E-state index in [1.807, 2.05) is 38.1 Å². The van der Waals surface area contributed by atoms with E-state index < -0.39 is 0 Å². The molecule has 0 aliphatic heterocycles. The number of benzene rings is 2. The van der Waals surface area contributed by atoms with Crippen LogP contribution in [-0.4, -0.2) is 32.1 Å². The van der Waals surface area contributed by atoms with Gasteiger partial charge in [-0.05, 0) is 63.8 Å². The molecule has 0 atom stereocenters. The fraction of sp³-hybridized carbons (Fsp3) is 0.391. The molecule has 0 saturated carbocycles. The molecule has 0 aliphatic carbocycles. The monoisotopic (exact) mass is 398 g/mol. The molecule has 6 heteroatoms. The molecule has 0 heterocycles. The van der Waals surface area contributed by atoms with Crippen LogP contribution >= 0.6 is 0 Å². The summed E-state index contributed by atoms with van der Waals surface area (Å²) in [6, 6.07) is 10.5. The van der Waals surface area contributed by atoms with Gasteiger partial charge in [-0.3, -0.25) is 0 Å². The highest BCUT2D eigenvalue weighted by molar-refractivity contribution is 6.03. The minimum absolute atomic E-state index is 0.124. The molecule has 2 rings (SSSR count). The molecule has 29 heavy (non-hydrogen) atoms. The van der Waals surface area contributed by atoms with Crippen LogP contribution in [0, 0.1) is 13.8 Å². The van der Waals surface area contributed by atoms with E-state index in [1.165, 1.54) is 0 Å². The Kier molecular flexibility index (Phi) is 8.52. The molecule has 4 N–H and O–H groups in total. The van der Waals surface area contributed by atoms with Gasteiger partial charge < -0.3 is 20.6 Å². The van der Waals surface area contributed by atoms with Crippen molar-refractivity contribution in [3.63, 3.8) is 0 Å². The van der Waals surface area contributed by atoms with Gasteiger partial charge in [0.2, 0.25) is 0 Å². The Morgan fingerprint density at radius 3 is 1.41 bits per heavy atom. The topological polar surface area (TPSA) is 106 Å². The van der Waals surface area contributed by atoms with Gasteiger partial charge in [-0.2, -0.15) is 0 Å². The van der Waals surface area contributed by atoms with Crippen LogP contribution in [0.1, 0.15) is 67.2 Å². The Hall–Kier alpha value is -3.02. The molecule has 156 valence electrons. The summed E-state index contributed by atoms with van der Waals surface area (Å²) >= 11 is 0. The lowest BCUT2D eigenvalue weighted by Crippen LogP contribution is -2.03. The molecule has 0 aliphatic rings. The largest absolute Gasteiger partial charge is 0.507 e. The van der Waals surface area contributed by atoms with Crippen LogP contribution in [0.2, 0.25) is 0 Å². The van der Waals surface area contributed by atoms with Gasteiger partial charge in [-0.15, -0.1) is 0 Å². The van der Waals surface area contributed by atoms with Crippen LogP contribution in [0.25, 0.3) is 0 Å². The fourth-order valence-corrected chi connectivity index (χ4v) is 3.35. The number of nitrogens with zero attached hydrogens (tertiary/aromatic N) is 2. The second-order valence-electron chi connectivity index (χ2n) is 7.40. The lowest BCUT2D eigenvalue weighted by Gasteiger charge is -2.09. The molecule has 0 radical (unpaired) electrons. The quantitative estimate of drug-likeness (QED) is 0.183. The lowest BCUT2D eigenvalue weighted by atomic mass is 9.99. The van der Waals surface area contributed by atoms with Crippen molar-refractivity contribution < 1.29 is 20.6 Å². The Labute approximate surface area is 171 Å². The molecule has 0 spiro atoms. The highest BCUT2D eigenvalue weighted by Crippen LogP contribution is 2.23. The van der Waals surface area contributed by atoms with Gasteiger partial charge in [-0.25, -0.2) is 0 Å². The van der Waals surface area contributed by atoms with Gasteiger partial charge in [0.1, 0.15) is 11.5 Å². The number of unbranched alkanes of at least 4 members (excludes halogenated alkanes) is 4. The van der Waals surface area contributed by atoms with E-state index in [4.69, 9.17) is 0 Å². The Bertz CT molecular complexity index is 804. The predicted octanol–water partition coefficient (Wildman–Crippen LogP) is 5.50. The summed E-state index contributed by atoms with van der Waals surface area (Å²) in [6.45, 7) is 3.86. The van der Waals surface area contributed by atoms with Crippen LogP contribution in [0.3, 0.4) is 0 Å². The number of hydrogen-bond acceptors (Lipinski definition) is 6. The van der Waals surface area contributed by atoms with Gasteiger partial charge in [0.25, 0.3) is 0 Å². The average molecular weight is 399 g/mol. The third kappa shape index (κ3) is 6.52. The van der Waals surface area contributed by atoms with E-state index in [-0.39, 0.29) is 11.5 Å². The van der Waals surface area contributed by atoms with Crippen molar-refractivity contribution in [1.29, 1.82) is 0 Å². The first kappa shape index (κ1) is 22.3. The average Bonchev–Trinajstić information content (AvgIpc) is 2.71. The molecule has 0 fully saturated rings. The second-order valence-corrected chi connectivity index (χ2v) is 7.40. The molecular formula is C23H30N2O4. The van der Waals surface area contributed by atoms with E-state index in [2.05, 4.69) is 10.3 Å². The van der Waals surface area contributed by atoms with Gasteiger partial charge >= 0.3 is 0 Å².